The molecule has 0 saturated carbocycles. The van der Waals surface area contributed by atoms with Crippen LogP contribution in [0.2, 0.25) is 10.0 Å². The van der Waals surface area contributed by atoms with Crippen molar-refractivity contribution in [2.24, 2.45) is 5.73 Å². The number of nitrogens with two attached hydrogens (primary N) is 1. The maximum absolute atomic E-state index is 12.3. The molecule has 0 bridgehead atoms. The number of carbonyl (C=O) groups is 1. The molecule has 1 heterocycles. The van der Waals surface area contributed by atoms with E-state index in [1.807, 2.05) is 19.9 Å². The molecule has 0 unspecified atom stereocenters. The van der Waals surface area contributed by atoms with Crippen molar-refractivity contribution in [2.45, 2.75) is 32.4 Å². The highest BCUT2D eigenvalue weighted by Gasteiger charge is 2.23. The van der Waals surface area contributed by atoms with Gasteiger partial charge in [0.2, 0.25) is 0 Å². The summed E-state index contributed by atoms with van der Waals surface area (Å²) in [5.74, 6) is 0.363. The molecule has 118 valence electrons. The molecule has 22 heavy (non-hydrogen) atoms. The molecule has 4 nitrogen and oxygen atoms in total. The third-order valence-electron chi connectivity index (χ3n) is 3.22. The Bertz CT molecular complexity index is 681. The van der Waals surface area contributed by atoms with Crippen molar-refractivity contribution < 1.29 is 9.21 Å². The van der Waals surface area contributed by atoms with E-state index in [0.29, 0.717) is 27.8 Å². The molecule has 2 aromatic rings. The van der Waals surface area contributed by atoms with Crippen LogP contribution in [0.15, 0.2) is 34.9 Å². The van der Waals surface area contributed by atoms with Gasteiger partial charge in [-0.3, -0.25) is 4.79 Å². The van der Waals surface area contributed by atoms with Crippen molar-refractivity contribution in [2.75, 3.05) is 0 Å². The number of carbonyl (C=O) groups excluding carboxylic acids is 1. The predicted octanol–water partition coefficient (Wildman–Crippen LogP) is 3.80. The number of hydrogen-bond donors (Lipinski definition) is 2. The molecule has 2 rings (SSSR count). The Labute approximate surface area is 139 Å². The molecule has 0 aliphatic carbocycles. The largest absolute Gasteiger partial charge is 0.467 e. The number of amides is 1. The number of hydrogen-bond acceptors (Lipinski definition) is 3. The first-order valence-electron chi connectivity index (χ1n) is 6.84. The molecule has 6 heteroatoms. The van der Waals surface area contributed by atoms with Crippen LogP contribution in [-0.2, 0) is 13.0 Å². The molecule has 1 aromatic heterocycles. The lowest BCUT2D eigenvalue weighted by molar-refractivity contribution is 0.0912. The van der Waals surface area contributed by atoms with Crippen molar-refractivity contribution in [1.29, 1.82) is 0 Å². The Morgan fingerprint density at radius 2 is 2.05 bits per heavy atom. The van der Waals surface area contributed by atoms with Crippen LogP contribution in [0.4, 0.5) is 0 Å². The van der Waals surface area contributed by atoms with Crippen molar-refractivity contribution >= 4 is 29.1 Å². The number of rotatable bonds is 5. The topological polar surface area (TPSA) is 68.3 Å². The van der Waals surface area contributed by atoms with E-state index < -0.39 is 5.54 Å². The van der Waals surface area contributed by atoms with Crippen LogP contribution in [-0.4, -0.2) is 11.4 Å². The zero-order valence-corrected chi connectivity index (χ0v) is 14.0. The summed E-state index contributed by atoms with van der Waals surface area (Å²) in [6.07, 6.45) is 1.99. The number of furan rings is 1. The van der Waals surface area contributed by atoms with Crippen LogP contribution >= 0.6 is 23.2 Å². The average Bonchev–Trinajstić information content (AvgIpc) is 2.90. The Balaban J connectivity index is 2.08. The van der Waals surface area contributed by atoms with E-state index in [0.717, 1.165) is 5.56 Å². The zero-order valence-electron chi connectivity index (χ0n) is 12.5. The second-order valence-corrected chi connectivity index (χ2v) is 6.60. The van der Waals surface area contributed by atoms with Crippen molar-refractivity contribution in [1.82, 2.24) is 5.32 Å². The molecule has 0 aliphatic heterocycles. The van der Waals surface area contributed by atoms with Crippen LogP contribution in [0.1, 0.15) is 35.5 Å². The van der Waals surface area contributed by atoms with E-state index in [4.69, 9.17) is 33.4 Å². The monoisotopic (exact) mass is 340 g/mol. The van der Waals surface area contributed by atoms with Gasteiger partial charge in [-0.2, -0.15) is 0 Å². The minimum Gasteiger partial charge on any atom is -0.467 e. The summed E-state index contributed by atoms with van der Waals surface area (Å²) in [5, 5.41) is 4.14. The van der Waals surface area contributed by atoms with Crippen LogP contribution in [0.25, 0.3) is 0 Å². The number of halogens is 2. The van der Waals surface area contributed by atoms with E-state index in [1.54, 1.807) is 18.2 Å². The molecule has 0 spiro atoms. The molecule has 0 fully saturated rings. The van der Waals surface area contributed by atoms with Crippen LogP contribution in [0.5, 0.6) is 0 Å². The third-order valence-corrected chi connectivity index (χ3v) is 3.80. The second kappa shape index (κ2) is 6.73. The summed E-state index contributed by atoms with van der Waals surface area (Å²) < 4.78 is 5.18. The third kappa shape index (κ3) is 4.26. The van der Waals surface area contributed by atoms with Crippen LogP contribution < -0.4 is 11.1 Å². The highest BCUT2D eigenvalue weighted by molar-refractivity contribution is 6.35. The lowest BCUT2D eigenvalue weighted by atomic mass is 9.94. The summed E-state index contributed by atoms with van der Waals surface area (Å²) in [4.78, 5) is 12.3. The highest BCUT2D eigenvalue weighted by Crippen LogP contribution is 2.25. The molecule has 3 N–H and O–H groups in total. The van der Waals surface area contributed by atoms with E-state index in [9.17, 15) is 4.79 Å². The first kappa shape index (κ1) is 16.9. The maximum Gasteiger partial charge on any atom is 0.254 e. The molecule has 0 radical (unpaired) electrons. The van der Waals surface area contributed by atoms with Gasteiger partial charge < -0.3 is 15.5 Å². The fourth-order valence-corrected chi connectivity index (χ4v) is 2.65. The zero-order chi connectivity index (χ0) is 16.3. The summed E-state index contributed by atoms with van der Waals surface area (Å²) in [7, 11) is 0. The van der Waals surface area contributed by atoms with Gasteiger partial charge in [-0.25, -0.2) is 0 Å². The van der Waals surface area contributed by atoms with Gasteiger partial charge in [-0.05, 0) is 44.0 Å². The predicted molar refractivity (Wildman–Crippen MR) is 88.3 cm³/mol. The Morgan fingerprint density at radius 1 is 1.32 bits per heavy atom. The first-order valence-corrected chi connectivity index (χ1v) is 7.60. The van der Waals surface area contributed by atoms with Crippen molar-refractivity contribution in [3.8, 4) is 0 Å². The van der Waals surface area contributed by atoms with E-state index >= 15 is 0 Å². The van der Waals surface area contributed by atoms with Gasteiger partial charge in [0.15, 0.2) is 0 Å². The smallest absolute Gasteiger partial charge is 0.254 e. The molecule has 0 saturated heterocycles. The normalized spacial score (nSPS) is 11.5. The minimum absolute atomic E-state index is 0.210. The van der Waals surface area contributed by atoms with Gasteiger partial charge in [0, 0.05) is 15.6 Å². The van der Waals surface area contributed by atoms with Crippen LogP contribution in [0.3, 0.4) is 0 Å². The van der Waals surface area contributed by atoms with E-state index in [1.165, 1.54) is 6.26 Å². The molecule has 1 aromatic carbocycles. The van der Waals surface area contributed by atoms with E-state index in [-0.39, 0.29) is 12.5 Å². The first-order chi connectivity index (χ1) is 10.3. The Kier molecular flexibility index (Phi) is 5.16. The van der Waals surface area contributed by atoms with Gasteiger partial charge in [0.25, 0.3) is 5.91 Å². The standard InChI is InChI=1S/C16H18Cl2N2O2/c1-16(2,7-10-3-4-12(17)6-14(10)18)20-15(21)11-5-13(8-19)22-9-11/h3-6,9H,7-8,19H2,1-2H3,(H,20,21). The number of nitrogens with one attached hydrogen (secondary N) is 1. The fraction of sp³-hybridized carbons (Fsp3) is 0.312. The minimum atomic E-state index is -0.477. The highest BCUT2D eigenvalue weighted by atomic mass is 35.5. The SMILES string of the molecule is CC(C)(Cc1ccc(Cl)cc1Cl)NC(=O)c1coc(CN)c1. The summed E-state index contributed by atoms with van der Waals surface area (Å²) in [5.41, 5.74) is 6.37. The summed E-state index contributed by atoms with van der Waals surface area (Å²) in [6, 6.07) is 6.98. The Morgan fingerprint density at radius 3 is 2.64 bits per heavy atom. The quantitative estimate of drug-likeness (QED) is 0.869. The van der Waals surface area contributed by atoms with Gasteiger partial charge in [-0.1, -0.05) is 29.3 Å². The lowest BCUT2D eigenvalue weighted by Crippen LogP contribution is -2.45. The molecular weight excluding hydrogens is 323 g/mol. The molecule has 0 aliphatic rings. The molecular formula is C16H18Cl2N2O2. The van der Waals surface area contributed by atoms with Crippen molar-refractivity contribution in [3.05, 3.63) is 57.5 Å². The average molecular weight is 341 g/mol. The lowest BCUT2D eigenvalue weighted by Gasteiger charge is -2.26. The second-order valence-electron chi connectivity index (χ2n) is 5.76. The molecule has 0 atom stereocenters. The summed E-state index contributed by atoms with van der Waals surface area (Å²) >= 11 is 12.1. The maximum atomic E-state index is 12.3. The van der Waals surface area contributed by atoms with Gasteiger partial charge in [0.1, 0.15) is 12.0 Å². The van der Waals surface area contributed by atoms with Crippen LogP contribution in [0, 0.1) is 0 Å². The van der Waals surface area contributed by atoms with Gasteiger partial charge in [0.05, 0.1) is 12.1 Å². The Hall–Kier alpha value is -1.49. The van der Waals surface area contributed by atoms with Gasteiger partial charge in [-0.15, -0.1) is 0 Å². The van der Waals surface area contributed by atoms with Gasteiger partial charge >= 0.3 is 0 Å². The number of benzene rings is 1. The summed E-state index contributed by atoms with van der Waals surface area (Å²) in [6.45, 7) is 4.12. The van der Waals surface area contributed by atoms with E-state index in [2.05, 4.69) is 5.32 Å². The molecule has 1 amide bonds. The van der Waals surface area contributed by atoms with Crippen molar-refractivity contribution in [3.63, 3.8) is 0 Å². The fourth-order valence-electron chi connectivity index (χ4n) is 2.17.